The largest absolute Gasteiger partial charge is 0.437 e. The van der Waals surface area contributed by atoms with Gasteiger partial charge >= 0.3 is 0 Å². The number of carbonyl (C=O) groups excluding carboxylic acids is 1. The molecule has 0 radical (unpaired) electrons. The van der Waals surface area contributed by atoms with Gasteiger partial charge in [0.15, 0.2) is 5.75 Å². The van der Waals surface area contributed by atoms with Gasteiger partial charge in [0, 0.05) is 26.4 Å². The van der Waals surface area contributed by atoms with Gasteiger partial charge in [0.05, 0.1) is 22.9 Å². The molecular formula is C15H14N4O2. The Hall–Kier alpha value is -3.07. The summed E-state index contributed by atoms with van der Waals surface area (Å²) in [7, 11) is 3.34. The number of benzene rings is 1. The summed E-state index contributed by atoms with van der Waals surface area (Å²) in [6.45, 7) is 0. The molecule has 0 spiro atoms. The van der Waals surface area contributed by atoms with Crippen molar-refractivity contribution in [3.8, 4) is 17.7 Å². The van der Waals surface area contributed by atoms with Crippen molar-refractivity contribution < 1.29 is 9.53 Å². The van der Waals surface area contributed by atoms with Crippen LogP contribution in [0.5, 0.6) is 11.6 Å². The number of pyridine rings is 1. The highest BCUT2D eigenvalue weighted by Crippen LogP contribution is 2.27. The maximum Gasteiger partial charge on any atom is 0.254 e. The van der Waals surface area contributed by atoms with E-state index in [2.05, 4.69) is 4.98 Å². The van der Waals surface area contributed by atoms with Gasteiger partial charge < -0.3 is 15.4 Å². The number of nitrogens with zero attached hydrogens (tertiary/aromatic N) is 3. The Kier molecular flexibility index (Phi) is 4.05. The van der Waals surface area contributed by atoms with Crippen LogP contribution >= 0.6 is 0 Å². The van der Waals surface area contributed by atoms with E-state index in [4.69, 9.17) is 15.7 Å². The van der Waals surface area contributed by atoms with Crippen LogP contribution < -0.4 is 10.5 Å². The van der Waals surface area contributed by atoms with Crippen LogP contribution in [0.25, 0.3) is 0 Å². The summed E-state index contributed by atoms with van der Waals surface area (Å²) in [5.74, 6) is 0.599. The van der Waals surface area contributed by atoms with Crippen molar-refractivity contribution in [2.45, 2.75) is 0 Å². The molecule has 2 aromatic rings. The number of nitrogens with two attached hydrogens (primary N) is 1. The van der Waals surface area contributed by atoms with Crippen LogP contribution in [0.1, 0.15) is 15.9 Å². The molecule has 6 nitrogen and oxygen atoms in total. The zero-order valence-corrected chi connectivity index (χ0v) is 11.7. The van der Waals surface area contributed by atoms with Crippen molar-refractivity contribution in [2.75, 3.05) is 19.8 Å². The Morgan fingerprint density at radius 2 is 2.10 bits per heavy atom. The number of hydrogen-bond acceptors (Lipinski definition) is 5. The average molecular weight is 282 g/mol. The summed E-state index contributed by atoms with van der Waals surface area (Å²) in [6, 6.07) is 9.96. The van der Waals surface area contributed by atoms with Crippen LogP contribution in [-0.2, 0) is 0 Å². The number of ether oxygens (including phenoxy) is 1. The van der Waals surface area contributed by atoms with Gasteiger partial charge in [-0.3, -0.25) is 4.79 Å². The molecule has 6 heteroatoms. The van der Waals surface area contributed by atoms with Crippen LogP contribution in [0.15, 0.2) is 36.5 Å². The molecule has 0 saturated heterocycles. The van der Waals surface area contributed by atoms with Crippen molar-refractivity contribution in [1.29, 1.82) is 5.26 Å². The molecule has 2 rings (SSSR count). The van der Waals surface area contributed by atoms with E-state index < -0.39 is 0 Å². The van der Waals surface area contributed by atoms with Gasteiger partial charge in [-0.05, 0) is 24.3 Å². The molecule has 106 valence electrons. The number of carbonyl (C=O) groups is 1. The van der Waals surface area contributed by atoms with E-state index in [0.717, 1.165) is 0 Å². The lowest BCUT2D eigenvalue weighted by Crippen LogP contribution is -2.21. The van der Waals surface area contributed by atoms with Crippen LogP contribution in [0.4, 0.5) is 5.69 Å². The molecule has 0 aliphatic heterocycles. The number of rotatable bonds is 3. The third-order valence-corrected chi connectivity index (χ3v) is 2.74. The van der Waals surface area contributed by atoms with E-state index in [1.165, 1.54) is 17.2 Å². The van der Waals surface area contributed by atoms with Crippen molar-refractivity contribution in [3.63, 3.8) is 0 Å². The summed E-state index contributed by atoms with van der Waals surface area (Å²) in [5, 5.41) is 8.78. The quantitative estimate of drug-likeness (QED) is 0.869. The minimum absolute atomic E-state index is 0.132. The molecule has 1 aromatic carbocycles. The molecule has 2 N–H and O–H groups in total. The fraction of sp³-hybridized carbons (Fsp3) is 0.133. The number of aromatic nitrogens is 1. The summed E-state index contributed by atoms with van der Waals surface area (Å²) < 4.78 is 5.53. The molecule has 1 aromatic heterocycles. The first-order valence-corrected chi connectivity index (χ1v) is 6.16. The van der Waals surface area contributed by atoms with Gasteiger partial charge in [-0.15, -0.1) is 0 Å². The average Bonchev–Trinajstić information content (AvgIpc) is 2.49. The van der Waals surface area contributed by atoms with Crippen molar-refractivity contribution in [2.24, 2.45) is 0 Å². The first-order valence-electron chi connectivity index (χ1n) is 6.16. The SMILES string of the molecule is CN(C)C(=O)c1ccc(Oc2ccc(C#N)cc2N)nc1. The van der Waals surface area contributed by atoms with Crippen LogP contribution in [0.3, 0.4) is 0 Å². The number of nitrogen functional groups attached to an aromatic ring is 1. The van der Waals surface area contributed by atoms with Gasteiger partial charge in [0.2, 0.25) is 5.88 Å². The number of hydrogen-bond donors (Lipinski definition) is 1. The van der Waals surface area contributed by atoms with Crippen molar-refractivity contribution in [1.82, 2.24) is 9.88 Å². The molecule has 21 heavy (non-hydrogen) atoms. The maximum absolute atomic E-state index is 11.7. The molecule has 0 aliphatic rings. The van der Waals surface area contributed by atoms with Crippen molar-refractivity contribution >= 4 is 11.6 Å². The second kappa shape index (κ2) is 5.92. The van der Waals surface area contributed by atoms with Crippen LogP contribution in [0.2, 0.25) is 0 Å². The standard InChI is InChI=1S/C15H14N4O2/c1-19(2)15(20)11-4-6-14(18-9-11)21-13-5-3-10(8-16)7-12(13)17/h3-7,9H,17H2,1-2H3. The van der Waals surface area contributed by atoms with Gasteiger partial charge in [-0.2, -0.15) is 5.26 Å². The third-order valence-electron chi connectivity index (χ3n) is 2.74. The minimum Gasteiger partial charge on any atom is -0.437 e. The van der Waals surface area contributed by atoms with Crippen molar-refractivity contribution in [3.05, 3.63) is 47.7 Å². The van der Waals surface area contributed by atoms with E-state index in [1.54, 1.807) is 38.4 Å². The van der Waals surface area contributed by atoms with E-state index in [9.17, 15) is 4.79 Å². The Morgan fingerprint density at radius 1 is 1.33 bits per heavy atom. The highest BCUT2D eigenvalue weighted by Gasteiger charge is 2.09. The lowest BCUT2D eigenvalue weighted by Gasteiger charge is -2.11. The molecule has 0 bridgehead atoms. The summed E-state index contributed by atoms with van der Waals surface area (Å²) in [4.78, 5) is 17.3. The van der Waals surface area contributed by atoms with E-state index in [1.807, 2.05) is 6.07 Å². The first kappa shape index (κ1) is 14.3. The Labute approximate surface area is 122 Å². The van der Waals surface area contributed by atoms with Gasteiger partial charge in [-0.1, -0.05) is 0 Å². The first-order chi connectivity index (χ1) is 10.0. The van der Waals surface area contributed by atoms with Crippen LogP contribution in [-0.4, -0.2) is 29.9 Å². The van der Waals surface area contributed by atoms with E-state index in [0.29, 0.717) is 28.4 Å². The molecule has 1 amide bonds. The number of anilines is 1. The minimum atomic E-state index is -0.132. The highest BCUT2D eigenvalue weighted by atomic mass is 16.5. The zero-order chi connectivity index (χ0) is 15.4. The molecule has 0 fully saturated rings. The lowest BCUT2D eigenvalue weighted by atomic mass is 10.2. The molecule has 0 saturated carbocycles. The lowest BCUT2D eigenvalue weighted by molar-refractivity contribution is 0.0827. The molecule has 0 atom stereocenters. The fourth-order valence-corrected chi connectivity index (χ4v) is 1.65. The monoisotopic (exact) mass is 282 g/mol. The molecular weight excluding hydrogens is 268 g/mol. The second-order valence-corrected chi connectivity index (χ2v) is 4.55. The van der Waals surface area contributed by atoms with Gasteiger partial charge in [-0.25, -0.2) is 4.98 Å². The third kappa shape index (κ3) is 3.28. The van der Waals surface area contributed by atoms with E-state index in [-0.39, 0.29) is 5.91 Å². The van der Waals surface area contributed by atoms with E-state index >= 15 is 0 Å². The predicted molar refractivity (Wildman–Crippen MR) is 77.9 cm³/mol. The smallest absolute Gasteiger partial charge is 0.254 e. The molecule has 0 unspecified atom stereocenters. The Morgan fingerprint density at radius 3 is 2.62 bits per heavy atom. The maximum atomic E-state index is 11.7. The highest BCUT2D eigenvalue weighted by molar-refractivity contribution is 5.93. The Balaban J connectivity index is 2.18. The topological polar surface area (TPSA) is 92.2 Å². The van der Waals surface area contributed by atoms with Gasteiger partial charge in [0.1, 0.15) is 0 Å². The number of amides is 1. The predicted octanol–water partition coefficient (Wildman–Crippen LogP) is 2.03. The summed E-state index contributed by atoms with van der Waals surface area (Å²) in [6.07, 6.45) is 1.44. The number of nitriles is 1. The van der Waals surface area contributed by atoms with Gasteiger partial charge in [0.25, 0.3) is 5.91 Å². The summed E-state index contributed by atoms with van der Waals surface area (Å²) in [5.41, 5.74) is 7.08. The zero-order valence-electron chi connectivity index (χ0n) is 11.7. The van der Waals surface area contributed by atoms with Crippen LogP contribution in [0, 0.1) is 11.3 Å². The molecule has 1 heterocycles. The molecule has 0 aliphatic carbocycles. The summed E-state index contributed by atoms with van der Waals surface area (Å²) >= 11 is 0. The second-order valence-electron chi connectivity index (χ2n) is 4.55. The normalized spacial score (nSPS) is 9.76. The Bertz CT molecular complexity index is 703. The fourth-order valence-electron chi connectivity index (χ4n) is 1.65.